The van der Waals surface area contributed by atoms with Crippen LogP contribution in [0.25, 0.3) is 11.1 Å². The lowest BCUT2D eigenvalue weighted by atomic mass is 9.91. The summed E-state index contributed by atoms with van der Waals surface area (Å²) in [6.07, 6.45) is 1.41. The van der Waals surface area contributed by atoms with Crippen molar-refractivity contribution in [2.45, 2.75) is 31.9 Å². The third-order valence-electron chi connectivity index (χ3n) is 4.95. The molecule has 0 bridgehead atoms. The van der Waals surface area contributed by atoms with Crippen LogP contribution in [0.1, 0.15) is 24.0 Å². The van der Waals surface area contributed by atoms with E-state index in [-0.39, 0.29) is 5.91 Å². The maximum atomic E-state index is 12.7. The van der Waals surface area contributed by atoms with Crippen LogP contribution in [-0.2, 0) is 16.1 Å². The summed E-state index contributed by atoms with van der Waals surface area (Å²) >= 11 is 0. The molecule has 1 heterocycles. The van der Waals surface area contributed by atoms with Crippen molar-refractivity contribution in [3.05, 3.63) is 59.7 Å². The van der Waals surface area contributed by atoms with E-state index < -0.39 is 5.60 Å². The van der Waals surface area contributed by atoms with Gasteiger partial charge in [-0.1, -0.05) is 48.0 Å². The number of rotatable bonds is 5. The predicted octanol–water partition coefficient (Wildman–Crippen LogP) is 3.05. The molecule has 132 valence electrons. The molecule has 0 aromatic heterocycles. The molecule has 1 amide bonds. The van der Waals surface area contributed by atoms with Crippen molar-refractivity contribution in [2.24, 2.45) is 0 Å². The Kier molecular flexibility index (Phi) is 5.51. The number of hydrogen-bond acceptors (Lipinski definition) is 3. The van der Waals surface area contributed by atoms with Gasteiger partial charge in [0.15, 0.2) is 0 Å². The maximum absolute atomic E-state index is 12.7. The van der Waals surface area contributed by atoms with Gasteiger partial charge in [0.05, 0.1) is 0 Å². The van der Waals surface area contributed by atoms with Crippen molar-refractivity contribution in [1.82, 2.24) is 10.6 Å². The minimum Gasteiger partial charge on any atom is -0.368 e. The largest absolute Gasteiger partial charge is 0.368 e. The highest BCUT2D eigenvalue weighted by molar-refractivity contribution is 5.85. The number of carbonyl (C=O) groups is 1. The van der Waals surface area contributed by atoms with Crippen LogP contribution in [-0.4, -0.2) is 31.7 Å². The Morgan fingerprint density at radius 3 is 2.48 bits per heavy atom. The van der Waals surface area contributed by atoms with Crippen LogP contribution in [0.5, 0.6) is 0 Å². The highest BCUT2D eigenvalue weighted by Gasteiger charge is 2.39. The quantitative estimate of drug-likeness (QED) is 0.881. The minimum absolute atomic E-state index is 0.0162. The Hall–Kier alpha value is -2.17. The summed E-state index contributed by atoms with van der Waals surface area (Å²) in [6.45, 7) is 4.22. The van der Waals surface area contributed by atoms with Gasteiger partial charge in [-0.05, 0) is 55.6 Å². The van der Waals surface area contributed by atoms with Crippen molar-refractivity contribution < 1.29 is 9.53 Å². The number of methoxy groups -OCH3 is 1. The van der Waals surface area contributed by atoms with E-state index in [0.29, 0.717) is 19.4 Å². The fourth-order valence-electron chi connectivity index (χ4n) is 3.38. The summed E-state index contributed by atoms with van der Waals surface area (Å²) in [4.78, 5) is 12.7. The number of hydrogen-bond donors (Lipinski definition) is 2. The predicted molar refractivity (Wildman–Crippen MR) is 100 cm³/mol. The van der Waals surface area contributed by atoms with Gasteiger partial charge >= 0.3 is 0 Å². The van der Waals surface area contributed by atoms with Crippen molar-refractivity contribution in [3.8, 4) is 11.1 Å². The fraction of sp³-hybridized carbons (Fsp3) is 0.381. The Morgan fingerprint density at radius 2 is 1.80 bits per heavy atom. The van der Waals surface area contributed by atoms with Gasteiger partial charge in [-0.3, -0.25) is 4.79 Å². The van der Waals surface area contributed by atoms with Crippen LogP contribution in [0, 0.1) is 6.92 Å². The third kappa shape index (κ3) is 4.09. The summed E-state index contributed by atoms with van der Waals surface area (Å²) in [7, 11) is 1.63. The lowest BCUT2D eigenvalue weighted by Crippen LogP contribution is -2.53. The molecule has 4 heteroatoms. The van der Waals surface area contributed by atoms with Gasteiger partial charge < -0.3 is 15.4 Å². The number of piperidine rings is 1. The summed E-state index contributed by atoms with van der Waals surface area (Å²) in [5.41, 5.74) is 4.00. The molecule has 3 rings (SSSR count). The van der Waals surface area contributed by atoms with Gasteiger partial charge in [0.25, 0.3) is 5.91 Å². The zero-order valence-corrected chi connectivity index (χ0v) is 15.0. The topological polar surface area (TPSA) is 50.4 Å². The lowest BCUT2D eigenvalue weighted by molar-refractivity contribution is -0.146. The summed E-state index contributed by atoms with van der Waals surface area (Å²) in [5.74, 6) is -0.0162. The number of amides is 1. The van der Waals surface area contributed by atoms with E-state index in [4.69, 9.17) is 4.74 Å². The van der Waals surface area contributed by atoms with Crippen molar-refractivity contribution in [2.75, 3.05) is 20.2 Å². The van der Waals surface area contributed by atoms with Crippen LogP contribution in [0.4, 0.5) is 0 Å². The van der Waals surface area contributed by atoms with Gasteiger partial charge in [0.2, 0.25) is 0 Å². The first-order valence-corrected chi connectivity index (χ1v) is 8.83. The molecule has 1 saturated heterocycles. The zero-order chi connectivity index (χ0) is 17.7. The second-order valence-electron chi connectivity index (χ2n) is 6.70. The molecule has 2 N–H and O–H groups in total. The first kappa shape index (κ1) is 17.6. The number of nitrogens with one attached hydrogen (secondary N) is 2. The van der Waals surface area contributed by atoms with Crippen LogP contribution in [0.2, 0.25) is 0 Å². The van der Waals surface area contributed by atoms with Crippen LogP contribution in [0.15, 0.2) is 48.5 Å². The van der Waals surface area contributed by atoms with E-state index in [1.807, 2.05) is 12.1 Å². The Morgan fingerprint density at radius 1 is 1.12 bits per heavy atom. The Balaban J connectivity index is 1.69. The molecular weight excluding hydrogens is 312 g/mol. The fourth-order valence-corrected chi connectivity index (χ4v) is 3.38. The molecule has 1 aliphatic rings. The molecule has 0 spiro atoms. The van der Waals surface area contributed by atoms with Gasteiger partial charge in [-0.2, -0.15) is 0 Å². The number of aryl methyl sites for hydroxylation is 1. The zero-order valence-electron chi connectivity index (χ0n) is 15.0. The van der Waals surface area contributed by atoms with Crippen LogP contribution >= 0.6 is 0 Å². The SMILES string of the molecule is COC1(C(=O)NCc2cccc(-c3cccc(C)c3)c2)CCNCC1. The van der Waals surface area contributed by atoms with Gasteiger partial charge in [-0.25, -0.2) is 0 Å². The van der Waals surface area contributed by atoms with E-state index >= 15 is 0 Å². The van der Waals surface area contributed by atoms with E-state index in [1.165, 1.54) is 16.7 Å². The second-order valence-corrected chi connectivity index (χ2v) is 6.70. The summed E-state index contributed by atoms with van der Waals surface area (Å²) < 4.78 is 5.58. The Labute approximate surface area is 149 Å². The van der Waals surface area contributed by atoms with E-state index in [2.05, 4.69) is 54.0 Å². The number of ether oxygens (including phenoxy) is 1. The van der Waals surface area contributed by atoms with E-state index in [9.17, 15) is 4.79 Å². The first-order valence-electron chi connectivity index (χ1n) is 8.83. The normalized spacial score (nSPS) is 16.4. The molecule has 25 heavy (non-hydrogen) atoms. The summed E-state index contributed by atoms with van der Waals surface area (Å²) in [6, 6.07) is 16.8. The molecule has 0 aliphatic carbocycles. The van der Waals surface area contributed by atoms with Crippen molar-refractivity contribution >= 4 is 5.91 Å². The number of carbonyl (C=O) groups excluding carboxylic acids is 1. The molecule has 0 atom stereocenters. The Bertz CT molecular complexity index is 736. The van der Waals surface area contributed by atoms with Crippen molar-refractivity contribution in [1.29, 1.82) is 0 Å². The molecule has 2 aromatic carbocycles. The molecule has 0 radical (unpaired) electrons. The monoisotopic (exact) mass is 338 g/mol. The van der Waals surface area contributed by atoms with Crippen LogP contribution in [0.3, 0.4) is 0 Å². The van der Waals surface area contributed by atoms with Gasteiger partial charge in [0, 0.05) is 13.7 Å². The second kappa shape index (κ2) is 7.81. The maximum Gasteiger partial charge on any atom is 0.252 e. The average Bonchev–Trinajstić information content (AvgIpc) is 2.67. The van der Waals surface area contributed by atoms with Crippen LogP contribution < -0.4 is 10.6 Å². The highest BCUT2D eigenvalue weighted by atomic mass is 16.5. The molecule has 0 saturated carbocycles. The number of benzene rings is 2. The minimum atomic E-state index is -0.695. The smallest absolute Gasteiger partial charge is 0.252 e. The molecule has 1 fully saturated rings. The third-order valence-corrected chi connectivity index (χ3v) is 4.95. The summed E-state index contributed by atoms with van der Waals surface area (Å²) in [5, 5.41) is 6.33. The first-order chi connectivity index (χ1) is 12.1. The molecule has 4 nitrogen and oxygen atoms in total. The van der Waals surface area contributed by atoms with Crippen molar-refractivity contribution in [3.63, 3.8) is 0 Å². The highest BCUT2D eigenvalue weighted by Crippen LogP contribution is 2.24. The lowest BCUT2D eigenvalue weighted by Gasteiger charge is -2.34. The average molecular weight is 338 g/mol. The van der Waals surface area contributed by atoms with E-state index in [1.54, 1.807) is 7.11 Å². The molecule has 1 aliphatic heterocycles. The molecular formula is C21H26N2O2. The van der Waals surface area contributed by atoms with E-state index in [0.717, 1.165) is 18.7 Å². The molecule has 0 unspecified atom stereocenters. The molecule has 2 aromatic rings. The standard InChI is InChI=1S/C21H26N2O2/c1-16-5-3-7-18(13-16)19-8-4-6-17(14-19)15-23-20(24)21(25-2)9-11-22-12-10-21/h3-8,13-14,22H,9-12,15H2,1-2H3,(H,23,24). The van der Waals surface area contributed by atoms with Gasteiger partial charge in [0.1, 0.15) is 5.60 Å². The van der Waals surface area contributed by atoms with Gasteiger partial charge in [-0.15, -0.1) is 0 Å².